The summed E-state index contributed by atoms with van der Waals surface area (Å²) >= 11 is 0. The lowest BCUT2D eigenvalue weighted by atomic mass is 10.0. The van der Waals surface area contributed by atoms with Gasteiger partial charge in [0.15, 0.2) is 6.10 Å². The Balaban J connectivity index is 4.35. The number of aliphatic hydroxyl groups is 5. The van der Waals surface area contributed by atoms with Crippen molar-refractivity contribution < 1.29 is 39.9 Å². The molecule has 6 N–H and O–H groups in total. The van der Waals surface area contributed by atoms with Crippen LogP contribution >= 0.6 is 0 Å². The SMILES string of the molecule is COCCC(=O)NC(=O)[C@H](O)[C@@H](O)[C@H](O)[C@H](O)CO. The Bertz CT molecular complexity index is 297. The molecule has 0 heterocycles. The number of imide groups is 1. The van der Waals surface area contributed by atoms with Gasteiger partial charge < -0.3 is 30.3 Å². The first-order valence-corrected chi connectivity index (χ1v) is 5.50. The molecule has 0 bridgehead atoms. The number of rotatable bonds is 8. The first-order valence-electron chi connectivity index (χ1n) is 5.50. The number of ether oxygens (including phenoxy) is 1. The lowest BCUT2D eigenvalue weighted by Crippen LogP contribution is -2.52. The molecule has 2 amide bonds. The quantitative estimate of drug-likeness (QED) is 0.263. The molecule has 4 atom stereocenters. The van der Waals surface area contributed by atoms with E-state index in [1.165, 1.54) is 7.11 Å². The topological polar surface area (TPSA) is 157 Å². The van der Waals surface area contributed by atoms with Crippen LogP contribution in [0.5, 0.6) is 0 Å². The molecule has 0 rings (SSSR count). The normalized spacial score (nSPS) is 17.4. The number of hydrogen-bond acceptors (Lipinski definition) is 8. The number of methoxy groups -OCH3 is 1. The van der Waals surface area contributed by atoms with E-state index < -0.39 is 42.8 Å². The summed E-state index contributed by atoms with van der Waals surface area (Å²) in [6.45, 7) is -0.789. The Kier molecular flexibility index (Phi) is 8.39. The maximum absolute atomic E-state index is 11.3. The molecule has 0 aromatic carbocycles. The van der Waals surface area contributed by atoms with Crippen molar-refractivity contribution in [1.82, 2.24) is 5.32 Å². The van der Waals surface area contributed by atoms with Gasteiger partial charge in [-0.1, -0.05) is 0 Å². The summed E-state index contributed by atoms with van der Waals surface area (Å²) in [7, 11) is 1.36. The molecule has 0 radical (unpaired) electrons. The molecule has 0 saturated heterocycles. The minimum atomic E-state index is -2.12. The number of amides is 2. The van der Waals surface area contributed by atoms with Crippen molar-refractivity contribution in [3.8, 4) is 0 Å². The zero-order valence-corrected chi connectivity index (χ0v) is 10.4. The van der Waals surface area contributed by atoms with E-state index in [1.54, 1.807) is 5.32 Å². The fourth-order valence-electron chi connectivity index (χ4n) is 1.15. The Labute approximate surface area is 109 Å². The maximum Gasteiger partial charge on any atom is 0.258 e. The van der Waals surface area contributed by atoms with Crippen LogP contribution in [0.4, 0.5) is 0 Å². The first kappa shape index (κ1) is 17.9. The Morgan fingerprint density at radius 3 is 2.21 bits per heavy atom. The molecule has 0 aliphatic heterocycles. The summed E-state index contributed by atoms with van der Waals surface area (Å²) in [6.07, 6.45) is -7.94. The molecule has 0 fully saturated rings. The molecule has 0 unspecified atom stereocenters. The predicted molar refractivity (Wildman–Crippen MR) is 60.8 cm³/mol. The summed E-state index contributed by atoms with van der Waals surface area (Å²) < 4.78 is 4.60. The molecule has 0 aromatic heterocycles. The minimum absolute atomic E-state index is 0.0730. The van der Waals surface area contributed by atoms with Gasteiger partial charge in [0.1, 0.15) is 18.3 Å². The summed E-state index contributed by atoms with van der Waals surface area (Å²) in [5, 5.41) is 47.4. The van der Waals surface area contributed by atoms with Gasteiger partial charge in [0.25, 0.3) is 5.91 Å². The maximum atomic E-state index is 11.3. The number of nitrogens with one attached hydrogen (secondary N) is 1. The molecule has 0 spiro atoms. The summed E-state index contributed by atoms with van der Waals surface area (Å²) in [5.74, 6) is -1.95. The van der Waals surface area contributed by atoms with Gasteiger partial charge in [0.2, 0.25) is 5.91 Å². The van der Waals surface area contributed by atoms with Crippen LogP contribution in [-0.2, 0) is 14.3 Å². The zero-order valence-electron chi connectivity index (χ0n) is 10.4. The average Bonchev–Trinajstić information content (AvgIpc) is 2.41. The van der Waals surface area contributed by atoms with Crippen molar-refractivity contribution in [2.75, 3.05) is 20.3 Å². The van der Waals surface area contributed by atoms with Gasteiger partial charge in [0, 0.05) is 7.11 Å². The van der Waals surface area contributed by atoms with Crippen molar-refractivity contribution in [2.24, 2.45) is 0 Å². The van der Waals surface area contributed by atoms with E-state index >= 15 is 0 Å². The second kappa shape index (κ2) is 8.91. The van der Waals surface area contributed by atoms with Crippen molar-refractivity contribution in [2.45, 2.75) is 30.8 Å². The van der Waals surface area contributed by atoms with Gasteiger partial charge >= 0.3 is 0 Å². The molecule has 0 aromatic rings. The highest BCUT2D eigenvalue weighted by molar-refractivity contribution is 5.97. The van der Waals surface area contributed by atoms with Crippen molar-refractivity contribution in [3.05, 3.63) is 0 Å². The molecule has 9 nitrogen and oxygen atoms in total. The Morgan fingerprint density at radius 2 is 1.74 bits per heavy atom. The molecule has 0 aliphatic carbocycles. The monoisotopic (exact) mass is 281 g/mol. The van der Waals surface area contributed by atoms with Gasteiger partial charge in [-0.05, 0) is 0 Å². The summed E-state index contributed by atoms with van der Waals surface area (Å²) in [5.41, 5.74) is 0. The molecule has 0 aliphatic rings. The highest BCUT2D eigenvalue weighted by Crippen LogP contribution is 2.05. The van der Waals surface area contributed by atoms with E-state index in [4.69, 9.17) is 10.2 Å². The Morgan fingerprint density at radius 1 is 1.16 bits per heavy atom. The molecule has 9 heteroatoms. The van der Waals surface area contributed by atoms with Crippen LogP contribution in [0, 0.1) is 0 Å². The zero-order chi connectivity index (χ0) is 15.0. The van der Waals surface area contributed by atoms with Gasteiger partial charge in [-0.15, -0.1) is 0 Å². The van der Waals surface area contributed by atoms with Gasteiger partial charge in [-0.25, -0.2) is 0 Å². The largest absolute Gasteiger partial charge is 0.394 e. The predicted octanol–water partition coefficient (Wildman–Crippen LogP) is -3.90. The fraction of sp³-hybridized carbons (Fsp3) is 0.800. The smallest absolute Gasteiger partial charge is 0.258 e. The minimum Gasteiger partial charge on any atom is -0.394 e. The van der Waals surface area contributed by atoms with Crippen LogP contribution in [0.2, 0.25) is 0 Å². The van der Waals surface area contributed by atoms with Crippen molar-refractivity contribution in [1.29, 1.82) is 0 Å². The molecular weight excluding hydrogens is 262 g/mol. The second-order valence-electron chi connectivity index (χ2n) is 3.83. The second-order valence-corrected chi connectivity index (χ2v) is 3.83. The number of aliphatic hydroxyl groups excluding tert-OH is 5. The lowest BCUT2D eigenvalue weighted by Gasteiger charge is -2.24. The number of hydrogen-bond donors (Lipinski definition) is 6. The van der Waals surface area contributed by atoms with E-state index in [2.05, 4.69) is 4.74 Å². The first-order chi connectivity index (χ1) is 8.84. The van der Waals surface area contributed by atoms with Crippen LogP contribution in [0.25, 0.3) is 0 Å². The average molecular weight is 281 g/mol. The number of carbonyl (C=O) groups excluding carboxylic acids is 2. The Hall–Kier alpha value is -1.10. The highest BCUT2D eigenvalue weighted by Gasteiger charge is 2.34. The summed E-state index contributed by atoms with van der Waals surface area (Å²) in [6, 6.07) is 0. The molecule has 19 heavy (non-hydrogen) atoms. The van der Waals surface area contributed by atoms with E-state index in [0.29, 0.717) is 0 Å². The summed E-state index contributed by atoms with van der Waals surface area (Å²) in [4.78, 5) is 22.5. The standard InChI is InChI=1S/C10H19NO8/c1-19-3-2-6(14)11-10(18)9(17)8(16)7(15)5(13)4-12/h5,7-9,12-13,15-17H,2-4H2,1H3,(H,11,14,18)/t5-,7-,8+,9-/m1/s1. The van der Waals surface area contributed by atoms with E-state index in [1.807, 2.05) is 0 Å². The highest BCUT2D eigenvalue weighted by atomic mass is 16.5. The van der Waals surface area contributed by atoms with Crippen LogP contribution in [0.3, 0.4) is 0 Å². The fourth-order valence-corrected chi connectivity index (χ4v) is 1.15. The third kappa shape index (κ3) is 6.05. The van der Waals surface area contributed by atoms with E-state index in [0.717, 1.165) is 0 Å². The lowest BCUT2D eigenvalue weighted by molar-refractivity contribution is -0.151. The van der Waals surface area contributed by atoms with Crippen molar-refractivity contribution >= 4 is 11.8 Å². The van der Waals surface area contributed by atoms with Crippen LogP contribution in [0.15, 0.2) is 0 Å². The molecule has 112 valence electrons. The third-order valence-electron chi connectivity index (χ3n) is 2.32. The number of carbonyl (C=O) groups is 2. The van der Waals surface area contributed by atoms with E-state index in [9.17, 15) is 24.9 Å². The molecular formula is C10H19NO8. The molecule has 0 saturated carbocycles. The van der Waals surface area contributed by atoms with E-state index in [-0.39, 0.29) is 13.0 Å². The van der Waals surface area contributed by atoms with Crippen molar-refractivity contribution in [3.63, 3.8) is 0 Å². The van der Waals surface area contributed by atoms with Gasteiger partial charge in [-0.3, -0.25) is 14.9 Å². The van der Waals surface area contributed by atoms with Gasteiger partial charge in [0.05, 0.1) is 19.6 Å². The van der Waals surface area contributed by atoms with Crippen LogP contribution in [-0.4, -0.2) is 82.1 Å². The van der Waals surface area contributed by atoms with Crippen LogP contribution in [0.1, 0.15) is 6.42 Å². The van der Waals surface area contributed by atoms with Crippen LogP contribution < -0.4 is 5.32 Å². The third-order valence-corrected chi connectivity index (χ3v) is 2.32. The van der Waals surface area contributed by atoms with Gasteiger partial charge in [-0.2, -0.15) is 0 Å².